The highest BCUT2D eigenvalue weighted by molar-refractivity contribution is 7.89. The molecule has 1 heterocycles. The predicted molar refractivity (Wildman–Crippen MR) is 106 cm³/mol. The highest BCUT2D eigenvalue weighted by atomic mass is 32.2. The fourth-order valence-corrected chi connectivity index (χ4v) is 5.44. The summed E-state index contributed by atoms with van der Waals surface area (Å²) >= 11 is 1.05. The van der Waals surface area contributed by atoms with E-state index >= 15 is 0 Å². The molecule has 138 valence electrons. The standard InChI is InChI=1S/C19H22N2O3S2/c1-5-16(15-8-6-12(2)10-13(15)3)20-26(23,24)14-7-9-17-18(11-14)25-19(22)21(17)4/h6-11,16,20H,5H2,1-4H3/t16-/m0/s1. The topological polar surface area (TPSA) is 68.2 Å². The maximum Gasteiger partial charge on any atom is 0.307 e. The molecule has 0 aliphatic rings. The van der Waals surface area contributed by atoms with Crippen molar-refractivity contribution in [1.82, 2.24) is 9.29 Å². The molecule has 26 heavy (non-hydrogen) atoms. The summed E-state index contributed by atoms with van der Waals surface area (Å²) in [6.07, 6.45) is 0.643. The molecule has 0 spiro atoms. The summed E-state index contributed by atoms with van der Waals surface area (Å²) in [5, 5.41) is 0. The molecule has 0 aliphatic carbocycles. The highest BCUT2D eigenvalue weighted by Crippen LogP contribution is 2.26. The monoisotopic (exact) mass is 390 g/mol. The molecule has 0 aliphatic heterocycles. The second-order valence-corrected chi connectivity index (χ2v) is 9.21. The first-order valence-electron chi connectivity index (χ1n) is 8.42. The van der Waals surface area contributed by atoms with Crippen LogP contribution in [0.4, 0.5) is 0 Å². The second kappa shape index (κ2) is 6.98. The van der Waals surface area contributed by atoms with Crippen molar-refractivity contribution in [3.8, 4) is 0 Å². The maximum absolute atomic E-state index is 12.9. The first-order valence-corrected chi connectivity index (χ1v) is 10.7. The Labute approximate surface area is 157 Å². The molecule has 1 atom stereocenters. The molecule has 5 nitrogen and oxygen atoms in total. The first kappa shape index (κ1) is 18.8. The summed E-state index contributed by atoms with van der Waals surface area (Å²) in [6.45, 7) is 5.97. The molecule has 0 fully saturated rings. The van der Waals surface area contributed by atoms with Gasteiger partial charge in [-0.05, 0) is 49.6 Å². The van der Waals surface area contributed by atoms with Crippen molar-refractivity contribution in [3.05, 3.63) is 62.8 Å². The van der Waals surface area contributed by atoms with Gasteiger partial charge < -0.3 is 4.57 Å². The lowest BCUT2D eigenvalue weighted by molar-refractivity contribution is 0.549. The number of hydrogen-bond donors (Lipinski definition) is 1. The van der Waals surface area contributed by atoms with Gasteiger partial charge in [-0.1, -0.05) is 42.0 Å². The van der Waals surface area contributed by atoms with Crippen molar-refractivity contribution >= 4 is 31.6 Å². The lowest BCUT2D eigenvalue weighted by Crippen LogP contribution is -2.28. The second-order valence-electron chi connectivity index (χ2n) is 6.50. The van der Waals surface area contributed by atoms with E-state index in [-0.39, 0.29) is 15.8 Å². The molecule has 0 radical (unpaired) electrons. The van der Waals surface area contributed by atoms with E-state index in [0.717, 1.165) is 33.5 Å². The van der Waals surface area contributed by atoms with Crippen LogP contribution in [0.2, 0.25) is 0 Å². The van der Waals surface area contributed by atoms with Gasteiger partial charge in [0.05, 0.1) is 15.1 Å². The fourth-order valence-electron chi connectivity index (χ4n) is 3.12. The Hall–Kier alpha value is -1.96. The number of hydrogen-bond acceptors (Lipinski definition) is 4. The minimum atomic E-state index is -3.70. The van der Waals surface area contributed by atoms with Gasteiger partial charge in [0.2, 0.25) is 10.0 Å². The van der Waals surface area contributed by atoms with Crippen molar-refractivity contribution in [1.29, 1.82) is 0 Å². The molecule has 3 rings (SSSR count). The Bertz CT molecular complexity index is 1130. The number of thiazole rings is 1. The summed E-state index contributed by atoms with van der Waals surface area (Å²) in [7, 11) is -2.01. The number of aryl methyl sites for hydroxylation is 3. The Morgan fingerprint density at radius 3 is 2.54 bits per heavy atom. The van der Waals surface area contributed by atoms with E-state index in [9.17, 15) is 13.2 Å². The van der Waals surface area contributed by atoms with Crippen LogP contribution < -0.4 is 9.60 Å². The van der Waals surface area contributed by atoms with E-state index in [4.69, 9.17) is 0 Å². The molecular formula is C19H22N2O3S2. The Morgan fingerprint density at radius 1 is 1.15 bits per heavy atom. The normalized spacial score (nSPS) is 13.2. The Balaban J connectivity index is 1.97. The summed E-state index contributed by atoms with van der Waals surface area (Å²) in [6, 6.07) is 10.5. The summed E-state index contributed by atoms with van der Waals surface area (Å²) in [5.74, 6) is 0. The van der Waals surface area contributed by atoms with E-state index < -0.39 is 10.0 Å². The van der Waals surface area contributed by atoms with Crippen molar-refractivity contribution in [2.75, 3.05) is 0 Å². The zero-order valence-electron chi connectivity index (χ0n) is 15.2. The van der Waals surface area contributed by atoms with Crippen molar-refractivity contribution in [2.24, 2.45) is 7.05 Å². The van der Waals surface area contributed by atoms with E-state index in [2.05, 4.69) is 10.8 Å². The largest absolute Gasteiger partial charge is 0.307 e. The number of nitrogens with one attached hydrogen (secondary N) is 1. The number of aromatic nitrogens is 1. The molecule has 0 saturated carbocycles. The van der Waals surface area contributed by atoms with Gasteiger partial charge in [0, 0.05) is 13.1 Å². The lowest BCUT2D eigenvalue weighted by Gasteiger charge is -2.20. The third kappa shape index (κ3) is 3.47. The van der Waals surface area contributed by atoms with E-state index in [0.29, 0.717) is 11.1 Å². The average Bonchev–Trinajstić information content (AvgIpc) is 2.87. The molecule has 3 aromatic rings. The van der Waals surface area contributed by atoms with Gasteiger partial charge in [0.1, 0.15) is 0 Å². The highest BCUT2D eigenvalue weighted by Gasteiger charge is 2.22. The minimum absolute atomic E-state index is 0.107. The number of sulfonamides is 1. The van der Waals surface area contributed by atoms with E-state index in [1.165, 1.54) is 4.57 Å². The van der Waals surface area contributed by atoms with Crippen LogP contribution in [0, 0.1) is 13.8 Å². The maximum atomic E-state index is 12.9. The molecule has 7 heteroatoms. The van der Waals surface area contributed by atoms with Gasteiger partial charge in [0.15, 0.2) is 0 Å². The van der Waals surface area contributed by atoms with Crippen LogP contribution in [0.5, 0.6) is 0 Å². The molecule has 1 aromatic heterocycles. The first-order chi connectivity index (χ1) is 12.2. The van der Waals surface area contributed by atoms with Crippen LogP contribution >= 0.6 is 11.3 Å². The predicted octanol–water partition coefficient (Wildman–Crippen LogP) is 3.65. The van der Waals surface area contributed by atoms with Crippen LogP contribution in [0.25, 0.3) is 10.2 Å². The third-order valence-corrected chi connectivity index (χ3v) is 7.05. The van der Waals surface area contributed by atoms with Gasteiger partial charge in [-0.2, -0.15) is 0 Å². The zero-order valence-corrected chi connectivity index (χ0v) is 16.9. The molecule has 2 aromatic carbocycles. The summed E-state index contributed by atoms with van der Waals surface area (Å²) in [5.41, 5.74) is 3.93. The Kier molecular flexibility index (Phi) is 5.05. The molecule has 1 N–H and O–H groups in total. The molecule has 0 saturated heterocycles. The van der Waals surface area contributed by atoms with Gasteiger partial charge >= 0.3 is 4.87 Å². The smallest absolute Gasteiger partial charge is 0.302 e. The SMILES string of the molecule is CC[C@H](NS(=O)(=O)c1ccc2c(c1)sc(=O)n2C)c1ccc(C)cc1C. The third-order valence-electron chi connectivity index (χ3n) is 4.58. The zero-order chi connectivity index (χ0) is 19.1. The molecule has 0 unspecified atom stereocenters. The number of rotatable bonds is 5. The quantitative estimate of drug-likeness (QED) is 0.723. The average molecular weight is 391 g/mol. The van der Waals surface area contributed by atoms with Crippen LogP contribution in [0.3, 0.4) is 0 Å². The van der Waals surface area contributed by atoms with Crippen molar-refractivity contribution in [2.45, 2.75) is 38.1 Å². The number of benzene rings is 2. The molecule has 0 amide bonds. The van der Waals surface area contributed by atoms with Gasteiger partial charge in [-0.25, -0.2) is 13.1 Å². The summed E-state index contributed by atoms with van der Waals surface area (Å²) < 4.78 is 30.8. The van der Waals surface area contributed by atoms with Crippen LogP contribution in [-0.4, -0.2) is 13.0 Å². The van der Waals surface area contributed by atoms with Gasteiger partial charge in [-0.3, -0.25) is 4.79 Å². The Morgan fingerprint density at radius 2 is 1.88 bits per heavy atom. The van der Waals surface area contributed by atoms with E-state index in [1.807, 2.05) is 32.9 Å². The lowest BCUT2D eigenvalue weighted by atomic mass is 9.98. The van der Waals surface area contributed by atoms with Crippen LogP contribution in [0.1, 0.15) is 36.1 Å². The van der Waals surface area contributed by atoms with E-state index in [1.54, 1.807) is 25.2 Å². The summed E-state index contributed by atoms with van der Waals surface area (Å²) in [4.78, 5) is 11.9. The molecular weight excluding hydrogens is 368 g/mol. The van der Waals surface area contributed by atoms with Gasteiger partial charge in [0.25, 0.3) is 0 Å². The molecule has 0 bridgehead atoms. The number of fused-ring (bicyclic) bond motifs is 1. The van der Waals surface area contributed by atoms with Crippen LogP contribution in [0.15, 0.2) is 46.1 Å². The van der Waals surface area contributed by atoms with Gasteiger partial charge in [-0.15, -0.1) is 0 Å². The van der Waals surface area contributed by atoms with Crippen LogP contribution in [-0.2, 0) is 17.1 Å². The fraction of sp³-hybridized carbons (Fsp3) is 0.316. The van der Waals surface area contributed by atoms with Crippen molar-refractivity contribution < 1.29 is 8.42 Å². The minimum Gasteiger partial charge on any atom is -0.302 e. The number of nitrogens with zero attached hydrogens (tertiary/aromatic N) is 1. The van der Waals surface area contributed by atoms with Crippen molar-refractivity contribution in [3.63, 3.8) is 0 Å².